The molecule has 0 aliphatic heterocycles. The third-order valence-electron chi connectivity index (χ3n) is 5.78. The van der Waals surface area contributed by atoms with Crippen LogP contribution in [-0.4, -0.2) is 43.7 Å². The minimum Gasteiger partial charge on any atom is -0.494 e. The summed E-state index contributed by atoms with van der Waals surface area (Å²) in [5.41, 5.74) is 3.95. The van der Waals surface area contributed by atoms with Gasteiger partial charge in [-0.05, 0) is 56.4 Å². The smallest absolute Gasteiger partial charge is 0.243 e. The van der Waals surface area contributed by atoms with Crippen LogP contribution in [0, 0.1) is 0 Å². The summed E-state index contributed by atoms with van der Waals surface area (Å²) in [6.45, 7) is 0.572. The molecule has 34 heavy (non-hydrogen) atoms. The maximum absolute atomic E-state index is 11.0. The fraction of sp³-hybridized carbons (Fsp3) is 0.478. The van der Waals surface area contributed by atoms with Gasteiger partial charge in [0.1, 0.15) is 11.3 Å². The van der Waals surface area contributed by atoms with E-state index in [1.165, 1.54) is 19.3 Å². The normalized spacial score (nSPS) is 13.8. The fourth-order valence-electron chi connectivity index (χ4n) is 4.01. The number of carbonyl (C=O) groups excluding carboxylic acids is 1. The Morgan fingerprint density at radius 2 is 1.88 bits per heavy atom. The zero-order valence-electron chi connectivity index (χ0n) is 19.0. The lowest BCUT2D eigenvalue weighted by Gasteiger charge is -2.23. The third-order valence-corrected chi connectivity index (χ3v) is 5.78. The fourth-order valence-corrected chi connectivity index (χ4v) is 4.01. The molecule has 1 aromatic carbocycles. The molecule has 1 saturated carbocycles. The molecule has 3 aromatic rings. The van der Waals surface area contributed by atoms with Crippen molar-refractivity contribution < 1.29 is 14.7 Å². The van der Waals surface area contributed by atoms with Crippen molar-refractivity contribution in [3.05, 3.63) is 30.6 Å². The van der Waals surface area contributed by atoms with Crippen molar-refractivity contribution in [1.29, 1.82) is 0 Å². The van der Waals surface area contributed by atoms with E-state index in [4.69, 9.17) is 14.9 Å². The topological polar surface area (TPSA) is 137 Å². The molecule has 0 spiro atoms. The SMILES string of the molecule is Cl.O=C(CCCCCOc1ccc(Nc2nc(NC3CCCCC3)c3[nH]cnc3n2)cc1)NO. The summed E-state index contributed by atoms with van der Waals surface area (Å²) in [6, 6.07) is 8.07. The number of ether oxygens (including phenoxy) is 1. The summed E-state index contributed by atoms with van der Waals surface area (Å²) in [4.78, 5) is 27.7. The first-order valence-corrected chi connectivity index (χ1v) is 11.6. The summed E-state index contributed by atoms with van der Waals surface area (Å²) >= 11 is 0. The van der Waals surface area contributed by atoms with Gasteiger partial charge in [-0.25, -0.2) is 10.5 Å². The quantitative estimate of drug-likeness (QED) is 0.148. The van der Waals surface area contributed by atoms with Gasteiger partial charge in [0.25, 0.3) is 0 Å². The van der Waals surface area contributed by atoms with Crippen LogP contribution in [-0.2, 0) is 4.79 Å². The van der Waals surface area contributed by atoms with Crippen molar-refractivity contribution in [3.63, 3.8) is 0 Å². The van der Waals surface area contributed by atoms with Crippen LogP contribution in [0.4, 0.5) is 17.5 Å². The molecule has 0 unspecified atom stereocenters. The minimum atomic E-state index is -0.355. The summed E-state index contributed by atoms with van der Waals surface area (Å²) in [5, 5.41) is 15.3. The highest BCUT2D eigenvalue weighted by atomic mass is 35.5. The van der Waals surface area contributed by atoms with Gasteiger partial charge in [0, 0.05) is 18.2 Å². The number of hydrogen-bond acceptors (Lipinski definition) is 8. The number of imidazole rings is 1. The number of benzene rings is 1. The second kappa shape index (κ2) is 13.0. The monoisotopic (exact) mass is 489 g/mol. The molecule has 2 aromatic heterocycles. The van der Waals surface area contributed by atoms with Gasteiger partial charge in [0.15, 0.2) is 11.5 Å². The van der Waals surface area contributed by atoms with Crippen molar-refractivity contribution in [3.8, 4) is 5.75 Å². The second-order valence-electron chi connectivity index (χ2n) is 8.32. The average molecular weight is 490 g/mol. The Morgan fingerprint density at radius 1 is 1.09 bits per heavy atom. The molecule has 5 N–H and O–H groups in total. The number of fused-ring (bicyclic) bond motifs is 1. The molecule has 2 heterocycles. The number of aromatic nitrogens is 4. The number of nitrogens with zero attached hydrogens (tertiary/aromatic N) is 3. The molecule has 0 bridgehead atoms. The van der Waals surface area contributed by atoms with Gasteiger partial charge in [0.05, 0.1) is 12.9 Å². The van der Waals surface area contributed by atoms with E-state index in [1.54, 1.807) is 11.8 Å². The van der Waals surface area contributed by atoms with Gasteiger partial charge in [0.2, 0.25) is 11.9 Å². The van der Waals surface area contributed by atoms with Crippen LogP contribution >= 0.6 is 12.4 Å². The van der Waals surface area contributed by atoms with Gasteiger partial charge in [-0.15, -0.1) is 12.4 Å². The Bertz CT molecular complexity index is 1040. The van der Waals surface area contributed by atoms with Crippen molar-refractivity contribution >= 4 is 46.9 Å². The standard InChI is InChI=1S/C23H31N7O3.ClH/c31-19(30-32)9-5-2-6-14-33-18-12-10-17(11-13-18)27-23-28-21-20(24-15-25-21)22(29-23)26-16-7-3-1-4-8-16;/h10-13,15-16,32H,1-9,14H2,(H,30,31)(H3,24,25,26,27,28,29);1H. The maximum atomic E-state index is 11.0. The Kier molecular flexibility index (Phi) is 9.72. The predicted octanol–water partition coefficient (Wildman–Crippen LogP) is 4.71. The Hall–Kier alpha value is -3.11. The first-order valence-electron chi connectivity index (χ1n) is 11.6. The van der Waals surface area contributed by atoms with E-state index in [-0.39, 0.29) is 18.3 Å². The third kappa shape index (κ3) is 7.19. The largest absolute Gasteiger partial charge is 0.494 e. The van der Waals surface area contributed by atoms with Crippen LogP contribution in [0.1, 0.15) is 57.8 Å². The Balaban J connectivity index is 0.00000324. The van der Waals surface area contributed by atoms with Crippen molar-refractivity contribution in [2.75, 3.05) is 17.2 Å². The highest BCUT2D eigenvalue weighted by Gasteiger charge is 2.17. The van der Waals surface area contributed by atoms with E-state index in [0.29, 0.717) is 30.7 Å². The van der Waals surface area contributed by atoms with E-state index < -0.39 is 0 Å². The number of rotatable bonds is 11. The first kappa shape index (κ1) is 25.5. The molecule has 1 aliphatic carbocycles. The lowest BCUT2D eigenvalue weighted by molar-refractivity contribution is -0.129. The number of nitrogens with one attached hydrogen (secondary N) is 4. The summed E-state index contributed by atoms with van der Waals surface area (Å²) in [6.07, 6.45) is 10.5. The van der Waals surface area contributed by atoms with E-state index in [0.717, 1.165) is 54.9 Å². The maximum Gasteiger partial charge on any atom is 0.243 e. The van der Waals surface area contributed by atoms with Crippen molar-refractivity contribution in [1.82, 2.24) is 25.4 Å². The zero-order valence-corrected chi connectivity index (χ0v) is 19.9. The van der Waals surface area contributed by atoms with Crippen LogP contribution in [0.5, 0.6) is 5.75 Å². The summed E-state index contributed by atoms with van der Waals surface area (Å²) in [5.74, 6) is 1.69. The minimum absolute atomic E-state index is 0. The molecule has 1 amide bonds. The van der Waals surface area contributed by atoms with Gasteiger partial charge in [-0.3, -0.25) is 10.0 Å². The van der Waals surface area contributed by atoms with Gasteiger partial charge in [-0.1, -0.05) is 19.3 Å². The van der Waals surface area contributed by atoms with Crippen LogP contribution in [0.2, 0.25) is 0 Å². The number of carbonyl (C=O) groups is 1. The lowest BCUT2D eigenvalue weighted by Crippen LogP contribution is -2.23. The average Bonchev–Trinajstić information content (AvgIpc) is 3.32. The van der Waals surface area contributed by atoms with Crippen molar-refractivity contribution in [2.24, 2.45) is 0 Å². The molecule has 0 radical (unpaired) electrons. The van der Waals surface area contributed by atoms with Crippen LogP contribution < -0.4 is 20.9 Å². The summed E-state index contributed by atoms with van der Waals surface area (Å²) < 4.78 is 5.76. The first-order chi connectivity index (χ1) is 16.2. The lowest BCUT2D eigenvalue weighted by atomic mass is 9.95. The second-order valence-corrected chi connectivity index (χ2v) is 8.32. The highest BCUT2D eigenvalue weighted by Crippen LogP contribution is 2.26. The highest BCUT2D eigenvalue weighted by molar-refractivity contribution is 5.85. The molecule has 1 fully saturated rings. The van der Waals surface area contributed by atoms with Crippen molar-refractivity contribution in [2.45, 2.75) is 63.8 Å². The summed E-state index contributed by atoms with van der Waals surface area (Å²) in [7, 11) is 0. The molecule has 4 rings (SSSR count). The molecule has 184 valence electrons. The number of aromatic amines is 1. The number of H-pyrrole nitrogens is 1. The molecule has 1 aliphatic rings. The van der Waals surface area contributed by atoms with Crippen LogP contribution in [0.25, 0.3) is 11.2 Å². The van der Waals surface area contributed by atoms with Gasteiger partial charge >= 0.3 is 0 Å². The van der Waals surface area contributed by atoms with Gasteiger partial charge in [-0.2, -0.15) is 9.97 Å². The predicted molar refractivity (Wildman–Crippen MR) is 133 cm³/mol. The molecule has 10 nitrogen and oxygen atoms in total. The number of unbranched alkanes of at least 4 members (excludes halogenated alkanes) is 2. The van der Waals surface area contributed by atoms with E-state index >= 15 is 0 Å². The Morgan fingerprint density at radius 3 is 2.65 bits per heavy atom. The van der Waals surface area contributed by atoms with E-state index in [2.05, 4.69) is 25.6 Å². The number of halogens is 1. The molecular weight excluding hydrogens is 458 g/mol. The number of hydrogen-bond donors (Lipinski definition) is 5. The van der Waals surface area contributed by atoms with Gasteiger partial charge < -0.3 is 20.4 Å². The Labute approximate surface area is 204 Å². The van der Waals surface area contributed by atoms with E-state index in [9.17, 15) is 4.79 Å². The number of anilines is 3. The molecule has 0 saturated heterocycles. The molecule has 11 heteroatoms. The van der Waals surface area contributed by atoms with E-state index in [1.807, 2.05) is 24.3 Å². The zero-order chi connectivity index (χ0) is 22.9. The molecular formula is C23H32ClN7O3. The van der Waals surface area contributed by atoms with Crippen LogP contribution in [0.15, 0.2) is 30.6 Å². The molecule has 0 atom stereocenters. The van der Waals surface area contributed by atoms with Crippen LogP contribution in [0.3, 0.4) is 0 Å². The number of hydroxylamine groups is 1. The number of amides is 1.